The molecule has 0 spiro atoms. The van der Waals surface area contributed by atoms with E-state index in [1.807, 2.05) is 0 Å². The number of rotatable bonds is 11. The third-order valence-electron chi connectivity index (χ3n) is 3.76. The summed E-state index contributed by atoms with van der Waals surface area (Å²) in [6.07, 6.45) is 11.4. The lowest BCUT2D eigenvalue weighted by atomic mass is 9.90. The zero-order chi connectivity index (χ0) is 12.2. The predicted octanol–water partition coefficient (Wildman–Crippen LogP) is 4.62. The maximum atomic E-state index is 3.27. The Morgan fingerprint density at radius 2 is 1.38 bits per heavy atom. The number of nitrogens with one attached hydrogen (secondary N) is 1. The van der Waals surface area contributed by atoms with Crippen LogP contribution in [-0.2, 0) is 0 Å². The molecule has 0 bridgehead atoms. The molecule has 98 valence electrons. The second-order valence-electron chi connectivity index (χ2n) is 5.42. The molecule has 0 rings (SSSR count). The first-order chi connectivity index (χ1) is 7.72. The molecular weight excluding hydrogens is 194 g/mol. The maximum absolute atomic E-state index is 3.27. The highest BCUT2D eigenvalue weighted by atomic mass is 14.8. The molecule has 1 nitrogen and oxygen atoms in total. The molecule has 0 amide bonds. The Balaban J connectivity index is 3.23. The van der Waals surface area contributed by atoms with Crippen molar-refractivity contribution in [3.8, 4) is 0 Å². The van der Waals surface area contributed by atoms with Crippen molar-refractivity contribution >= 4 is 0 Å². The third-order valence-corrected chi connectivity index (χ3v) is 3.76. The molecule has 0 aliphatic heterocycles. The SMILES string of the molecule is CCCCCCCCCC(C)C(C)CNC. The summed E-state index contributed by atoms with van der Waals surface area (Å²) in [6, 6.07) is 0. The van der Waals surface area contributed by atoms with E-state index in [0.29, 0.717) is 0 Å². The summed E-state index contributed by atoms with van der Waals surface area (Å²) in [5, 5.41) is 3.27. The van der Waals surface area contributed by atoms with E-state index in [-0.39, 0.29) is 0 Å². The van der Waals surface area contributed by atoms with E-state index in [2.05, 4.69) is 33.1 Å². The van der Waals surface area contributed by atoms with Crippen molar-refractivity contribution in [3.05, 3.63) is 0 Å². The molecule has 0 aliphatic carbocycles. The van der Waals surface area contributed by atoms with E-state index in [0.717, 1.165) is 18.4 Å². The highest BCUT2D eigenvalue weighted by Gasteiger charge is 2.10. The van der Waals surface area contributed by atoms with Gasteiger partial charge in [0.2, 0.25) is 0 Å². The van der Waals surface area contributed by atoms with Gasteiger partial charge in [0.25, 0.3) is 0 Å². The summed E-state index contributed by atoms with van der Waals surface area (Å²) in [7, 11) is 2.05. The van der Waals surface area contributed by atoms with Crippen LogP contribution in [0.15, 0.2) is 0 Å². The highest BCUT2D eigenvalue weighted by Crippen LogP contribution is 2.18. The molecular formula is C15H33N. The van der Waals surface area contributed by atoms with Crippen LogP contribution in [0.1, 0.15) is 72.1 Å². The molecule has 2 atom stereocenters. The van der Waals surface area contributed by atoms with E-state index in [9.17, 15) is 0 Å². The predicted molar refractivity (Wildman–Crippen MR) is 74.9 cm³/mol. The van der Waals surface area contributed by atoms with E-state index < -0.39 is 0 Å². The minimum absolute atomic E-state index is 0.824. The molecule has 0 saturated heterocycles. The Hall–Kier alpha value is -0.0400. The minimum Gasteiger partial charge on any atom is -0.319 e. The molecule has 0 aliphatic rings. The Kier molecular flexibility index (Phi) is 11.4. The van der Waals surface area contributed by atoms with Crippen LogP contribution in [0.3, 0.4) is 0 Å². The van der Waals surface area contributed by atoms with Gasteiger partial charge in [-0.15, -0.1) is 0 Å². The molecule has 0 saturated carbocycles. The number of hydrogen-bond donors (Lipinski definition) is 1. The van der Waals surface area contributed by atoms with Gasteiger partial charge in [0.15, 0.2) is 0 Å². The van der Waals surface area contributed by atoms with Gasteiger partial charge < -0.3 is 5.32 Å². The Labute approximate surface area is 103 Å². The molecule has 0 fully saturated rings. The van der Waals surface area contributed by atoms with Crippen LogP contribution in [0.5, 0.6) is 0 Å². The molecule has 1 N–H and O–H groups in total. The van der Waals surface area contributed by atoms with Crippen LogP contribution >= 0.6 is 0 Å². The van der Waals surface area contributed by atoms with Gasteiger partial charge in [0.05, 0.1) is 0 Å². The van der Waals surface area contributed by atoms with Crippen LogP contribution < -0.4 is 5.32 Å². The summed E-state index contributed by atoms with van der Waals surface area (Å²) in [4.78, 5) is 0. The normalized spacial score (nSPS) is 15.0. The van der Waals surface area contributed by atoms with Crippen LogP contribution in [-0.4, -0.2) is 13.6 Å². The highest BCUT2D eigenvalue weighted by molar-refractivity contribution is 4.63. The first-order valence-corrected chi connectivity index (χ1v) is 7.37. The second-order valence-corrected chi connectivity index (χ2v) is 5.42. The van der Waals surface area contributed by atoms with Crippen LogP contribution in [0, 0.1) is 11.8 Å². The molecule has 0 aromatic rings. The number of hydrogen-bond acceptors (Lipinski definition) is 1. The van der Waals surface area contributed by atoms with Gasteiger partial charge in [-0.25, -0.2) is 0 Å². The average molecular weight is 227 g/mol. The van der Waals surface area contributed by atoms with Crippen LogP contribution in [0.25, 0.3) is 0 Å². The first kappa shape index (κ1) is 16.0. The van der Waals surface area contributed by atoms with Crippen molar-refractivity contribution in [1.29, 1.82) is 0 Å². The Morgan fingerprint density at radius 1 is 0.812 bits per heavy atom. The van der Waals surface area contributed by atoms with Crippen molar-refractivity contribution in [2.45, 2.75) is 72.1 Å². The van der Waals surface area contributed by atoms with Crippen LogP contribution in [0.2, 0.25) is 0 Å². The molecule has 0 heterocycles. The lowest BCUT2D eigenvalue weighted by Gasteiger charge is -2.19. The first-order valence-electron chi connectivity index (χ1n) is 7.37. The van der Waals surface area contributed by atoms with Gasteiger partial charge in [-0.3, -0.25) is 0 Å². The van der Waals surface area contributed by atoms with Crippen LogP contribution in [0.4, 0.5) is 0 Å². The monoisotopic (exact) mass is 227 g/mol. The fraction of sp³-hybridized carbons (Fsp3) is 1.00. The summed E-state index contributed by atoms with van der Waals surface area (Å²) in [5.74, 6) is 1.70. The van der Waals surface area contributed by atoms with E-state index in [1.54, 1.807) is 0 Å². The lowest BCUT2D eigenvalue weighted by molar-refractivity contribution is 0.342. The van der Waals surface area contributed by atoms with Gasteiger partial charge in [0.1, 0.15) is 0 Å². The largest absolute Gasteiger partial charge is 0.319 e. The fourth-order valence-electron chi connectivity index (χ4n) is 2.23. The zero-order valence-electron chi connectivity index (χ0n) is 12.0. The fourth-order valence-corrected chi connectivity index (χ4v) is 2.23. The zero-order valence-corrected chi connectivity index (χ0v) is 12.0. The molecule has 0 aromatic heterocycles. The van der Waals surface area contributed by atoms with E-state index >= 15 is 0 Å². The third kappa shape index (κ3) is 9.21. The maximum Gasteiger partial charge on any atom is -0.00236 e. The average Bonchev–Trinajstić information content (AvgIpc) is 2.28. The molecule has 1 heteroatoms. The van der Waals surface area contributed by atoms with E-state index in [4.69, 9.17) is 0 Å². The van der Waals surface area contributed by atoms with Crippen molar-refractivity contribution < 1.29 is 0 Å². The molecule has 0 aromatic carbocycles. The topological polar surface area (TPSA) is 12.0 Å². The Bertz CT molecular complexity index is 133. The van der Waals surface area contributed by atoms with Crippen molar-refractivity contribution in [1.82, 2.24) is 5.32 Å². The minimum atomic E-state index is 0.824. The summed E-state index contributed by atoms with van der Waals surface area (Å²) >= 11 is 0. The van der Waals surface area contributed by atoms with Gasteiger partial charge in [-0.1, -0.05) is 72.1 Å². The van der Waals surface area contributed by atoms with Crippen molar-refractivity contribution in [2.75, 3.05) is 13.6 Å². The summed E-state index contributed by atoms with van der Waals surface area (Å²) in [6.45, 7) is 8.21. The van der Waals surface area contributed by atoms with Gasteiger partial charge >= 0.3 is 0 Å². The molecule has 2 unspecified atom stereocenters. The molecule has 16 heavy (non-hydrogen) atoms. The van der Waals surface area contributed by atoms with Crippen molar-refractivity contribution in [3.63, 3.8) is 0 Å². The summed E-state index contributed by atoms with van der Waals surface area (Å²) < 4.78 is 0. The van der Waals surface area contributed by atoms with Gasteiger partial charge in [-0.05, 0) is 25.4 Å². The van der Waals surface area contributed by atoms with Crippen molar-refractivity contribution in [2.24, 2.45) is 11.8 Å². The quantitative estimate of drug-likeness (QED) is 0.508. The number of unbranched alkanes of at least 4 members (excludes halogenated alkanes) is 6. The standard InChI is InChI=1S/C15H33N/c1-5-6-7-8-9-10-11-12-14(2)15(3)13-16-4/h14-16H,5-13H2,1-4H3. The summed E-state index contributed by atoms with van der Waals surface area (Å²) in [5.41, 5.74) is 0. The lowest BCUT2D eigenvalue weighted by Crippen LogP contribution is -2.21. The smallest absolute Gasteiger partial charge is 0.00236 e. The Morgan fingerprint density at radius 3 is 1.94 bits per heavy atom. The van der Waals surface area contributed by atoms with Gasteiger partial charge in [0, 0.05) is 0 Å². The van der Waals surface area contributed by atoms with Gasteiger partial charge in [-0.2, -0.15) is 0 Å². The second kappa shape index (κ2) is 11.4. The van der Waals surface area contributed by atoms with E-state index in [1.165, 1.54) is 51.4 Å². The molecule has 0 radical (unpaired) electrons.